The van der Waals surface area contributed by atoms with E-state index in [4.69, 9.17) is 0 Å². The van der Waals surface area contributed by atoms with Crippen molar-refractivity contribution in [3.05, 3.63) is 83.8 Å². The first-order valence-electron chi connectivity index (χ1n) is 10.0. The predicted molar refractivity (Wildman–Crippen MR) is 117 cm³/mol. The summed E-state index contributed by atoms with van der Waals surface area (Å²) in [4.78, 5) is 30.4. The largest absolute Gasteiger partial charge is 0.349 e. The monoisotopic (exact) mass is 413 g/mol. The molecule has 4 heterocycles. The Morgan fingerprint density at radius 3 is 2.71 bits per heavy atom. The highest BCUT2D eigenvalue weighted by molar-refractivity contribution is 5.95. The Labute approximate surface area is 180 Å². The number of rotatable bonds is 6. The molecule has 0 fully saturated rings. The lowest BCUT2D eigenvalue weighted by Crippen LogP contribution is -2.34. The average molecular weight is 413 g/mol. The van der Waals surface area contributed by atoms with Gasteiger partial charge in [0, 0.05) is 48.0 Å². The second-order valence-corrected chi connectivity index (χ2v) is 7.39. The highest BCUT2D eigenvalue weighted by atomic mass is 16.1. The molecule has 0 unspecified atom stereocenters. The molecule has 0 saturated carbocycles. The number of carbonyl (C=O) groups is 1. The van der Waals surface area contributed by atoms with E-state index in [-0.39, 0.29) is 11.9 Å². The van der Waals surface area contributed by atoms with Gasteiger partial charge < -0.3 is 5.32 Å². The molecule has 4 aromatic rings. The average Bonchev–Trinajstić information content (AvgIpc) is 3.16. The molecule has 8 heteroatoms. The van der Waals surface area contributed by atoms with E-state index in [1.165, 1.54) is 0 Å². The van der Waals surface area contributed by atoms with Crippen LogP contribution in [0.25, 0.3) is 17.2 Å². The van der Waals surface area contributed by atoms with Crippen molar-refractivity contribution in [3.63, 3.8) is 0 Å². The van der Waals surface area contributed by atoms with Gasteiger partial charge in [0.05, 0.1) is 23.1 Å². The first kappa shape index (κ1) is 20.3. The third kappa shape index (κ3) is 4.63. The van der Waals surface area contributed by atoms with Crippen LogP contribution in [0.1, 0.15) is 34.4 Å². The molecule has 0 spiro atoms. The van der Waals surface area contributed by atoms with Gasteiger partial charge in [-0.15, -0.1) is 0 Å². The third-order valence-corrected chi connectivity index (χ3v) is 4.88. The summed E-state index contributed by atoms with van der Waals surface area (Å²) in [5, 5.41) is 7.37. The maximum Gasteiger partial charge on any atom is 0.254 e. The number of aryl methyl sites for hydroxylation is 1. The summed E-state index contributed by atoms with van der Waals surface area (Å²) in [6.07, 6.45) is 7.32. The standard InChI is InChI=1S/C23H23N7O/c1-15-6-4-8-19(27-15)12-16(2)28-22(31)20-14-26-30(17(20)3)23-25-11-9-21(29-23)18-7-5-10-24-13-18/h4-11,13-14,16H,12H2,1-3H3,(H,28,31)/t16-/m1/s1. The van der Waals surface area contributed by atoms with Gasteiger partial charge in [0.2, 0.25) is 0 Å². The van der Waals surface area contributed by atoms with Gasteiger partial charge in [-0.2, -0.15) is 5.10 Å². The van der Waals surface area contributed by atoms with E-state index in [1.54, 1.807) is 29.5 Å². The molecule has 4 aromatic heterocycles. The number of nitrogens with zero attached hydrogens (tertiary/aromatic N) is 6. The summed E-state index contributed by atoms with van der Waals surface area (Å²) < 4.78 is 1.57. The Bertz CT molecular complexity index is 1200. The van der Waals surface area contributed by atoms with E-state index < -0.39 is 0 Å². The van der Waals surface area contributed by atoms with E-state index >= 15 is 0 Å². The zero-order chi connectivity index (χ0) is 21.8. The molecule has 4 rings (SSSR count). The van der Waals surface area contributed by atoms with Crippen molar-refractivity contribution in [2.75, 3.05) is 0 Å². The Morgan fingerprint density at radius 1 is 1.06 bits per heavy atom. The van der Waals surface area contributed by atoms with Gasteiger partial charge in [-0.1, -0.05) is 6.07 Å². The number of hydrogen-bond acceptors (Lipinski definition) is 6. The van der Waals surface area contributed by atoms with Gasteiger partial charge in [-0.3, -0.25) is 14.8 Å². The van der Waals surface area contributed by atoms with Crippen molar-refractivity contribution >= 4 is 5.91 Å². The van der Waals surface area contributed by atoms with Gasteiger partial charge in [0.1, 0.15) is 0 Å². The van der Waals surface area contributed by atoms with Crippen molar-refractivity contribution in [2.24, 2.45) is 0 Å². The van der Waals surface area contributed by atoms with Crippen LogP contribution in [0.5, 0.6) is 0 Å². The van der Waals surface area contributed by atoms with Crippen molar-refractivity contribution in [1.82, 2.24) is 35.0 Å². The van der Waals surface area contributed by atoms with Gasteiger partial charge in [-0.05, 0) is 51.1 Å². The van der Waals surface area contributed by atoms with Crippen molar-refractivity contribution in [1.29, 1.82) is 0 Å². The minimum Gasteiger partial charge on any atom is -0.349 e. The highest BCUT2D eigenvalue weighted by Gasteiger charge is 2.18. The lowest BCUT2D eigenvalue weighted by Gasteiger charge is -2.13. The number of nitrogens with one attached hydrogen (secondary N) is 1. The first-order valence-corrected chi connectivity index (χ1v) is 10.0. The van der Waals surface area contributed by atoms with Crippen LogP contribution in [0.2, 0.25) is 0 Å². The molecule has 31 heavy (non-hydrogen) atoms. The highest BCUT2D eigenvalue weighted by Crippen LogP contribution is 2.17. The molecule has 0 aliphatic heterocycles. The summed E-state index contributed by atoms with van der Waals surface area (Å²) in [6.45, 7) is 5.74. The maximum absolute atomic E-state index is 12.8. The van der Waals surface area contributed by atoms with Crippen LogP contribution in [0.4, 0.5) is 0 Å². The fourth-order valence-corrected chi connectivity index (χ4v) is 3.34. The second-order valence-electron chi connectivity index (χ2n) is 7.39. The van der Waals surface area contributed by atoms with Crippen LogP contribution in [0.15, 0.2) is 61.2 Å². The van der Waals surface area contributed by atoms with E-state index in [2.05, 4.69) is 30.4 Å². The van der Waals surface area contributed by atoms with Crippen molar-refractivity contribution in [3.8, 4) is 17.2 Å². The van der Waals surface area contributed by atoms with Gasteiger partial charge in [-0.25, -0.2) is 14.6 Å². The van der Waals surface area contributed by atoms with E-state index in [0.717, 1.165) is 22.6 Å². The zero-order valence-corrected chi connectivity index (χ0v) is 17.6. The molecule has 0 bridgehead atoms. The first-order chi connectivity index (χ1) is 15.0. The molecular weight excluding hydrogens is 390 g/mol. The van der Waals surface area contributed by atoms with Crippen molar-refractivity contribution in [2.45, 2.75) is 33.2 Å². The molecule has 0 aliphatic rings. The summed E-state index contributed by atoms with van der Waals surface area (Å²) >= 11 is 0. The number of aromatic nitrogens is 6. The topological polar surface area (TPSA) is 98.5 Å². The number of amides is 1. The molecule has 1 N–H and O–H groups in total. The van der Waals surface area contributed by atoms with Crippen LogP contribution in [0.3, 0.4) is 0 Å². The minimum atomic E-state index is -0.188. The lowest BCUT2D eigenvalue weighted by atomic mass is 10.1. The van der Waals surface area contributed by atoms with E-state index in [1.807, 2.05) is 57.2 Å². The number of hydrogen-bond donors (Lipinski definition) is 1. The molecule has 0 aromatic carbocycles. The summed E-state index contributed by atoms with van der Waals surface area (Å²) in [7, 11) is 0. The Balaban J connectivity index is 1.51. The predicted octanol–water partition coefficient (Wildman–Crippen LogP) is 3.10. The molecule has 156 valence electrons. The maximum atomic E-state index is 12.8. The number of pyridine rings is 2. The minimum absolute atomic E-state index is 0.0743. The molecule has 0 aliphatic carbocycles. The fraction of sp³-hybridized carbons (Fsp3) is 0.217. The van der Waals surface area contributed by atoms with Gasteiger partial charge in [0.15, 0.2) is 0 Å². The Kier molecular flexibility index (Phi) is 5.79. The van der Waals surface area contributed by atoms with Gasteiger partial charge >= 0.3 is 0 Å². The molecule has 1 atom stereocenters. The van der Waals surface area contributed by atoms with Crippen LogP contribution in [-0.4, -0.2) is 41.7 Å². The zero-order valence-electron chi connectivity index (χ0n) is 17.6. The smallest absolute Gasteiger partial charge is 0.254 e. The quantitative estimate of drug-likeness (QED) is 0.522. The van der Waals surface area contributed by atoms with Crippen LogP contribution in [0, 0.1) is 13.8 Å². The molecule has 0 radical (unpaired) electrons. The van der Waals surface area contributed by atoms with E-state index in [9.17, 15) is 4.79 Å². The summed E-state index contributed by atoms with van der Waals surface area (Å²) in [5.74, 6) is 0.210. The fourth-order valence-electron chi connectivity index (χ4n) is 3.34. The van der Waals surface area contributed by atoms with Crippen molar-refractivity contribution < 1.29 is 4.79 Å². The summed E-state index contributed by atoms with van der Waals surface area (Å²) in [6, 6.07) is 11.4. The SMILES string of the molecule is Cc1cccc(C[C@@H](C)NC(=O)c2cnn(-c3nccc(-c4cccnc4)n3)c2C)n1. The molecule has 0 saturated heterocycles. The molecule has 8 nitrogen and oxygen atoms in total. The van der Waals surface area contributed by atoms with Gasteiger partial charge in [0.25, 0.3) is 11.9 Å². The molecular formula is C23H23N7O. The van der Waals surface area contributed by atoms with Crippen LogP contribution < -0.4 is 5.32 Å². The Morgan fingerprint density at radius 2 is 1.94 bits per heavy atom. The van der Waals surface area contributed by atoms with Crippen LogP contribution >= 0.6 is 0 Å². The second kappa shape index (κ2) is 8.83. The normalized spacial score (nSPS) is 11.8. The number of carbonyl (C=O) groups excluding carboxylic acids is 1. The van der Waals surface area contributed by atoms with Crippen LogP contribution in [-0.2, 0) is 6.42 Å². The summed E-state index contributed by atoms with van der Waals surface area (Å²) in [5.41, 5.74) is 4.68. The molecule has 1 amide bonds. The van der Waals surface area contributed by atoms with E-state index in [0.29, 0.717) is 23.6 Å². The lowest BCUT2D eigenvalue weighted by molar-refractivity contribution is 0.0939. The third-order valence-electron chi connectivity index (χ3n) is 4.88. The Hall–Kier alpha value is -3.94.